The largest absolute Gasteiger partial charge is 0.492 e. The molecule has 0 unspecified atom stereocenters. The van der Waals surface area contributed by atoms with Crippen LogP contribution in [0.4, 0.5) is 0 Å². The van der Waals surface area contributed by atoms with Crippen molar-refractivity contribution in [1.29, 1.82) is 0 Å². The van der Waals surface area contributed by atoms with Crippen LogP contribution in [-0.2, 0) is 45.9 Å². The van der Waals surface area contributed by atoms with Gasteiger partial charge in [-0.25, -0.2) is 25.9 Å². The Balaban J connectivity index is 1.39. The summed E-state index contributed by atoms with van der Waals surface area (Å²) in [6, 6.07) is 25.6. The molecule has 0 fully saturated rings. The highest BCUT2D eigenvalue weighted by atomic mass is 32.2. The quantitative estimate of drug-likeness (QED) is 0.187. The molecule has 4 aromatic carbocycles. The highest BCUT2D eigenvalue weighted by Gasteiger charge is 2.35. The molecule has 1 aliphatic heterocycles. The fourth-order valence-corrected chi connectivity index (χ4v) is 8.54. The molecule has 1 N–H and O–H groups in total. The minimum Gasteiger partial charge on any atom is -0.492 e. The van der Waals surface area contributed by atoms with Crippen LogP contribution >= 0.6 is 0 Å². The van der Waals surface area contributed by atoms with Crippen LogP contribution in [0.3, 0.4) is 0 Å². The maximum absolute atomic E-state index is 14.2. The van der Waals surface area contributed by atoms with E-state index in [0.717, 1.165) is 16.7 Å². The number of carbonyl (C=O) groups excluding carboxylic acids is 1. The number of nitrogens with one attached hydrogen (secondary N) is 1. The summed E-state index contributed by atoms with van der Waals surface area (Å²) in [4.78, 5) is 15.6. The molecule has 266 valence electrons. The van der Waals surface area contributed by atoms with E-state index >= 15 is 0 Å². The van der Waals surface area contributed by atoms with E-state index in [4.69, 9.17) is 14.2 Å². The third-order valence-electron chi connectivity index (χ3n) is 8.80. The van der Waals surface area contributed by atoms with Gasteiger partial charge in [-0.05, 0) is 66.1 Å². The van der Waals surface area contributed by atoms with Crippen molar-refractivity contribution in [2.45, 2.75) is 42.0 Å². The maximum atomic E-state index is 14.2. The van der Waals surface area contributed by atoms with Crippen LogP contribution in [0.5, 0.6) is 17.2 Å². The normalized spacial score (nSPS) is 13.2. The Hall–Kier alpha value is -4.43. The minimum absolute atomic E-state index is 0.0174. The molecule has 0 saturated carbocycles. The lowest BCUT2D eigenvalue weighted by molar-refractivity contribution is 0.0730. The van der Waals surface area contributed by atoms with Crippen LogP contribution in [0.25, 0.3) is 0 Å². The molecule has 0 bridgehead atoms. The molecular weight excluding hydrogens is 679 g/mol. The second-order valence-corrected chi connectivity index (χ2v) is 15.8. The number of nitrogens with zero attached hydrogens (tertiary/aromatic N) is 2. The van der Waals surface area contributed by atoms with E-state index in [2.05, 4.69) is 4.72 Å². The maximum Gasteiger partial charge on any atom is 0.258 e. The second kappa shape index (κ2) is 16.1. The average Bonchev–Trinajstić information content (AvgIpc) is 3.13. The molecule has 0 spiro atoms. The first-order valence-corrected chi connectivity index (χ1v) is 19.2. The molecule has 0 atom stereocenters. The van der Waals surface area contributed by atoms with E-state index in [0.29, 0.717) is 37.8 Å². The molecule has 1 amide bonds. The van der Waals surface area contributed by atoms with Crippen molar-refractivity contribution in [3.05, 3.63) is 113 Å². The van der Waals surface area contributed by atoms with Gasteiger partial charge in [-0.15, -0.1) is 0 Å². The molecule has 11 nitrogen and oxygen atoms in total. The molecule has 13 heteroatoms. The van der Waals surface area contributed by atoms with Crippen molar-refractivity contribution in [3.8, 4) is 17.2 Å². The van der Waals surface area contributed by atoms with Gasteiger partial charge in [0, 0.05) is 33.2 Å². The molecule has 0 aliphatic carbocycles. The van der Waals surface area contributed by atoms with Gasteiger partial charge in [0.1, 0.15) is 4.90 Å². The topological polar surface area (TPSA) is 132 Å². The van der Waals surface area contributed by atoms with Gasteiger partial charge in [-0.3, -0.25) is 4.79 Å². The van der Waals surface area contributed by atoms with Crippen LogP contribution in [0.1, 0.15) is 39.0 Å². The van der Waals surface area contributed by atoms with Crippen molar-refractivity contribution < 1.29 is 35.8 Å². The number of hydrogen-bond donors (Lipinski definition) is 1. The molecule has 0 aromatic heterocycles. The Morgan fingerprint density at radius 2 is 1.40 bits per heavy atom. The van der Waals surface area contributed by atoms with Crippen LogP contribution in [0.2, 0.25) is 0 Å². The highest BCUT2D eigenvalue weighted by Crippen LogP contribution is 2.46. The smallest absolute Gasteiger partial charge is 0.258 e. The zero-order chi connectivity index (χ0) is 35.9. The number of rotatable bonds is 15. The lowest BCUT2D eigenvalue weighted by Gasteiger charge is -2.30. The summed E-state index contributed by atoms with van der Waals surface area (Å²) in [5.41, 5.74) is 3.71. The van der Waals surface area contributed by atoms with Crippen molar-refractivity contribution in [2.75, 3.05) is 48.0 Å². The molecule has 1 aliphatic rings. The van der Waals surface area contributed by atoms with E-state index in [1.165, 1.54) is 38.7 Å². The van der Waals surface area contributed by atoms with Gasteiger partial charge >= 0.3 is 0 Å². The fraction of sp³-hybridized carbons (Fsp3) is 0.324. The third-order valence-corrected chi connectivity index (χ3v) is 12.1. The summed E-state index contributed by atoms with van der Waals surface area (Å²) in [6.07, 6.45) is 2.29. The Morgan fingerprint density at radius 1 is 0.780 bits per heavy atom. The van der Waals surface area contributed by atoms with Gasteiger partial charge < -0.3 is 19.1 Å². The zero-order valence-corrected chi connectivity index (χ0v) is 30.3. The number of methoxy groups -OCH3 is 3. The summed E-state index contributed by atoms with van der Waals surface area (Å²) in [6.45, 7) is 0.903. The lowest BCUT2D eigenvalue weighted by atomic mass is 9.99. The number of amides is 1. The molecule has 1 heterocycles. The van der Waals surface area contributed by atoms with E-state index < -0.39 is 26.0 Å². The Labute approximate surface area is 294 Å². The summed E-state index contributed by atoms with van der Waals surface area (Å²) in [5, 5.41) is 0. The van der Waals surface area contributed by atoms with Gasteiger partial charge in [0.05, 0.1) is 31.8 Å². The van der Waals surface area contributed by atoms with Crippen molar-refractivity contribution in [2.24, 2.45) is 0 Å². The average molecular weight is 722 g/mol. The first-order chi connectivity index (χ1) is 24.0. The van der Waals surface area contributed by atoms with Crippen molar-refractivity contribution in [3.63, 3.8) is 0 Å². The molecule has 50 heavy (non-hydrogen) atoms. The number of aryl methyl sites for hydroxylation is 1. The number of ether oxygens (including phenoxy) is 3. The lowest BCUT2D eigenvalue weighted by Crippen LogP contribution is -2.37. The first-order valence-electron chi connectivity index (χ1n) is 16.3. The summed E-state index contributed by atoms with van der Waals surface area (Å²) in [5.74, 6) is -0.561. The fourth-order valence-electron chi connectivity index (χ4n) is 6.07. The minimum atomic E-state index is -4.15. The number of carbonyl (C=O) groups is 1. The molecule has 0 radical (unpaired) electrons. The van der Waals surface area contributed by atoms with Gasteiger partial charge in [0.15, 0.2) is 11.5 Å². The van der Waals surface area contributed by atoms with Crippen LogP contribution in [0, 0.1) is 0 Å². The zero-order valence-electron chi connectivity index (χ0n) is 28.7. The van der Waals surface area contributed by atoms with Gasteiger partial charge in [0.25, 0.3) is 5.91 Å². The monoisotopic (exact) mass is 721 g/mol. The Kier molecular flexibility index (Phi) is 11.8. The van der Waals surface area contributed by atoms with E-state index in [9.17, 15) is 21.6 Å². The molecule has 0 saturated heterocycles. The van der Waals surface area contributed by atoms with Gasteiger partial charge in [-0.2, -0.15) is 0 Å². The van der Waals surface area contributed by atoms with Crippen LogP contribution in [0.15, 0.2) is 94.7 Å². The predicted molar refractivity (Wildman–Crippen MR) is 191 cm³/mol. The van der Waals surface area contributed by atoms with Crippen LogP contribution in [-0.4, -0.2) is 80.0 Å². The molecule has 5 rings (SSSR count). The highest BCUT2D eigenvalue weighted by molar-refractivity contribution is 7.89. The van der Waals surface area contributed by atoms with E-state index in [1.807, 2.05) is 60.7 Å². The van der Waals surface area contributed by atoms with Gasteiger partial charge in [0.2, 0.25) is 25.8 Å². The predicted octanol–water partition coefficient (Wildman–Crippen LogP) is 4.69. The number of sulfonamides is 2. The summed E-state index contributed by atoms with van der Waals surface area (Å²) < 4.78 is 75.0. The van der Waals surface area contributed by atoms with E-state index in [-0.39, 0.29) is 52.2 Å². The van der Waals surface area contributed by atoms with Crippen molar-refractivity contribution >= 4 is 26.0 Å². The molecular formula is C37H43N3O8S2. The first kappa shape index (κ1) is 36.8. The number of hydrogen-bond acceptors (Lipinski definition) is 8. The standard InChI is InChI=1S/C37H43N3O8S2/c1-39(22-11-16-27-12-7-5-8-13-27)50(44,45)33-25-32(34(46-2)36(48-4)35(33)47-3)37(41)40-23-20-29-17-18-31(24-30(29)26-40)49(42,43)38-21-19-28-14-9-6-10-15-28/h5-10,12-15,17-18,24-25,38H,11,16,19-23,26H2,1-4H3. The van der Waals surface area contributed by atoms with E-state index in [1.54, 1.807) is 23.1 Å². The number of fused-ring (bicyclic) bond motifs is 1. The SMILES string of the molecule is COc1c(C(=O)N2CCc3ccc(S(=O)(=O)NCCc4ccccc4)cc3C2)cc(S(=O)(=O)N(C)CCCc2ccccc2)c(OC)c1OC. The second-order valence-electron chi connectivity index (χ2n) is 12.0. The third kappa shape index (κ3) is 8.13. The van der Waals surface area contributed by atoms with Crippen molar-refractivity contribution in [1.82, 2.24) is 13.9 Å². The molecule has 4 aromatic rings. The Morgan fingerprint density at radius 3 is 2.02 bits per heavy atom. The van der Waals surface area contributed by atoms with Crippen LogP contribution < -0.4 is 18.9 Å². The summed E-state index contributed by atoms with van der Waals surface area (Å²) >= 11 is 0. The summed E-state index contributed by atoms with van der Waals surface area (Å²) in [7, 11) is -2.42. The van der Waals surface area contributed by atoms with Gasteiger partial charge in [-0.1, -0.05) is 66.7 Å². The number of benzene rings is 4. The Bertz CT molecular complexity index is 2020.